The summed E-state index contributed by atoms with van der Waals surface area (Å²) >= 11 is 0. The molecule has 154 valence electrons. The number of halogens is 1. The van der Waals surface area contributed by atoms with Crippen molar-refractivity contribution in [3.63, 3.8) is 0 Å². The van der Waals surface area contributed by atoms with Crippen LogP contribution < -0.4 is 0 Å². The maximum Gasteiger partial charge on any atom is 0.138 e. The normalized spacial score (nSPS) is 11.4. The lowest BCUT2D eigenvalue weighted by molar-refractivity contribution is 0.473. The van der Waals surface area contributed by atoms with Crippen molar-refractivity contribution in [1.29, 1.82) is 0 Å². The van der Waals surface area contributed by atoms with E-state index in [0.29, 0.717) is 28.1 Å². The number of nitrogens with zero attached hydrogens (tertiary/aromatic N) is 4. The van der Waals surface area contributed by atoms with Crippen molar-refractivity contribution >= 4 is 22.1 Å². The van der Waals surface area contributed by atoms with Crippen LogP contribution in [0.3, 0.4) is 0 Å². The van der Waals surface area contributed by atoms with Crippen LogP contribution in [0.1, 0.15) is 0 Å². The van der Waals surface area contributed by atoms with Crippen molar-refractivity contribution in [2.24, 2.45) is 0 Å². The van der Waals surface area contributed by atoms with Gasteiger partial charge in [-0.15, -0.1) is 0 Å². The molecule has 0 radical (unpaired) electrons. The molecule has 1 aromatic carbocycles. The molecule has 0 spiro atoms. The monoisotopic (exact) mass is 422 g/mol. The van der Waals surface area contributed by atoms with Crippen LogP contribution in [0, 0.1) is 5.82 Å². The molecule has 0 aliphatic carbocycles. The maximum atomic E-state index is 13.8. The van der Waals surface area contributed by atoms with Gasteiger partial charge in [0.2, 0.25) is 0 Å². The van der Waals surface area contributed by atoms with E-state index in [1.807, 2.05) is 30.3 Å². The number of fused-ring (bicyclic) bond motifs is 2. The standard InChI is InChI=1S/C24H15FN6O/c25-15-3-1-2-13(8-15)17-6-7-27-24-18(17)10-21(29-24)23-22-20(30-31-23)5-4-19(28-22)14-9-16(32)12-26-11-14/h1-12,32H,(H,27,29)(H,30,31). The molecule has 32 heavy (non-hydrogen) atoms. The quantitative estimate of drug-likeness (QED) is 0.369. The number of aromatic amines is 2. The Labute approximate surface area is 180 Å². The summed E-state index contributed by atoms with van der Waals surface area (Å²) in [6, 6.07) is 15.6. The van der Waals surface area contributed by atoms with Crippen LogP contribution in [-0.2, 0) is 0 Å². The predicted octanol–water partition coefficient (Wildman–Crippen LogP) is 5.07. The number of hydrogen-bond donors (Lipinski definition) is 3. The van der Waals surface area contributed by atoms with Crippen molar-refractivity contribution in [2.45, 2.75) is 0 Å². The summed E-state index contributed by atoms with van der Waals surface area (Å²) in [7, 11) is 0. The average Bonchev–Trinajstić information content (AvgIpc) is 3.42. The van der Waals surface area contributed by atoms with E-state index in [1.54, 1.807) is 24.5 Å². The number of aromatic nitrogens is 6. The van der Waals surface area contributed by atoms with E-state index in [1.165, 1.54) is 18.3 Å². The summed E-state index contributed by atoms with van der Waals surface area (Å²) in [4.78, 5) is 16.5. The van der Waals surface area contributed by atoms with E-state index in [9.17, 15) is 9.50 Å². The molecule has 6 aromatic rings. The zero-order chi connectivity index (χ0) is 21.7. The Bertz CT molecular complexity index is 1620. The van der Waals surface area contributed by atoms with Crippen molar-refractivity contribution in [2.75, 3.05) is 0 Å². The minimum absolute atomic E-state index is 0.0726. The highest BCUT2D eigenvalue weighted by Crippen LogP contribution is 2.33. The lowest BCUT2D eigenvalue weighted by Crippen LogP contribution is -1.87. The smallest absolute Gasteiger partial charge is 0.138 e. The largest absolute Gasteiger partial charge is 0.506 e. The first-order chi connectivity index (χ1) is 15.7. The molecule has 8 heteroatoms. The Balaban J connectivity index is 1.51. The summed E-state index contributed by atoms with van der Waals surface area (Å²) in [6.07, 6.45) is 4.71. The number of H-pyrrole nitrogens is 2. The Morgan fingerprint density at radius 3 is 2.75 bits per heavy atom. The van der Waals surface area contributed by atoms with Crippen molar-refractivity contribution in [1.82, 2.24) is 30.1 Å². The highest BCUT2D eigenvalue weighted by molar-refractivity contribution is 5.99. The third-order valence-electron chi connectivity index (χ3n) is 5.35. The van der Waals surface area contributed by atoms with Crippen LogP contribution >= 0.6 is 0 Å². The van der Waals surface area contributed by atoms with Crippen molar-refractivity contribution in [3.8, 4) is 39.5 Å². The zero-order valence-electron chi connectivity index (χ0n) is 16.5. The van der Waals surface area contributed by atoms with E-state index >= 15 is 0 Å². The topological polar surface area (TPSA) is 103 Å². The minimum Gasteiger partial charge on any atom is -0.506 e. The van der Waals surface area contributed by atoms with Crippen LogP contribution in [0.25, 0.3) is 55.8 Å². The summed E-state index contributed by atoms with van der Waals surface area (Å²) in [6.45, 7) is 0. The van der Waals surface area contributed by atoms with Gasteiger partial charge in [0.15, 0.2) is 0 Å². The molecule has 0 aliphatic rings. The highest BCUT2D eigenvalue weighted by Gasteiger charge is 2.16. The first kappa shape index (κ1) is 18.2. The molecule has 7 nitrogen and oxygen atoms in total. The molecular weight excluding hydrogens is 407 g/mol. The Hall–Kier alpha value is -4.59. The molecule has 0 atom stereocenters. The van der Waals surface area contributed by atoms with Gasteiger partial charge in [0.05, 0.1) is 23.1 Å². The summed E-state index contributed by atoms with van der Waals surface area (Å²) in [5.41, 5.74) is 6.50. The fraction of sp³-hybridized carbons (Fsp3) is 0. The number of nitrogens with one attached hydrogen (secondary N) is 2. The number of hydrogen-bond acceptors (Lipinski definition) is 5. The second-order valence-electron chi connectivity index (χ2n) is 7.41. The molecule has 0 unspecified atom stereocenters. The summed E-state index contributed by atoms with van der Waals surface area (Å²) < 4.78 is 13.8. The van der Waals surface area contributed by atoms with Gasteiger partial charge in [-0.25, -0.2) is 14.4 Å². The minimum atomic E-state index is -0.292. The molecule has 3 N–H and O–H groups in total. The molecule has 6 rings (SSSR count). The van der Waals surface area contributed by atoms with Gasteiger partial charge in [0.1, 0.15) is 28.4 Å². The third-order valence-corrected chi connectivity index (χ3v) is 5.35. The average molecular weight is 422 g/mol. The van der Waals surface area contributed by atoms with Crippen LogP contribution in [0.4, 0.5) is 4.39 Å². The second kappa shape index (κ2) is 6.98. The number of pyridine rings is 3. The predicted molar refractivity (Wildman–Crippen MR) is 119 cm³/mol. The van der Waals surface area contributed by atoms with E-state index < -0.39 is 0 Å². The number of benzene rings is 1. The maximum absolute atomic E-state index is 13.8. The van der Waals surface area contributed by atoms with Gasteiger partial charge in [0, 0.05) is 23.3 Å². The van der Waals surface area contributed by atoms with Gasteiger partial charge in [-0.05, 0) is 53.6 Å². The van der Waals surface area contributed by atoms with Crippen LogP contribution in [0.2, 0.25) is 0 Å². The summed E-state index contributed by atoms with van der Waals surface area (Å²) in [5, 5.41) is 18.1. The third kappa shape index (κ3) is 2.97. The molecule has 0 saturated carbocycles. The van der Waals surface area contributed by atoms with Crippen molar-refractivity contribution in [3.05, 3.63) is 79.0 Å². The fourth-order valence-corrected chi connectivity index (χ4v) is 3.88. The lowest BCUT2D eigenvalue weighted by Gasteiger charge is -2.02. The Morgan fingerprint density at radius 2 is 1.88 bits per heavy atom. The van der Waals surface area contributed by atoms with Crippen LogP contribution in [-0.4, -0.2) is 35.2 Å². The molecule has 5 heterocycles. The van der Waals surface area contributed by atoms with E-state index in [4.69, 9.17) is 4.98 Å². The molecule has 0 amide bonds. The van der Waals surface area contributed by atoms with Gasteiger partial charge in [-0.3, -0.25) is 10.1 Å². The molecule has 0 fully saturated rings. The van der Waals surface area contributed by atoms with Crippen LogP contribution in [0.15, 0.2) is 73.2 Å². The summed E-state index contributed by atoms with van der Waals surface area (Å²) in [5.74, 6) is -0.219. The Kier molecular flexibility index (Phi) is 3.97. The lowest BCUT2D eigenvalue weighted by atomic mass is 10.0. The molecule has 0 aliphatic heterocycles. The first-order valence-electron chi connectivity index (χ1n) is 9.89. The zero-order valence-corrected chi connectivity index (χ0v) is 16.5. The second-order valence-corrected chi connectivity index (χ2v) is 7.41. The van der Waals surface area contributed by atoms with E-state index in [-0.39, 0.29) is 11.6 Å². The molecule has 0 saturated heterocycles. The van der Waals surface area contributed by atoms with Gasteiger partial charge in [-0.2, -0.15) is 5.10 Å². The Morgan fingerprint density at radius 1 is 0.938 bits per heavy atom. The highest BCUT2D eigenvalue weighted by atomic mass is 19.1. The van der Waals surface area contributed by atoms with Gasteiger partial charge in [-0.1, -0.05) is 12.1 Å². The van der Waals surface area contributed by atoms with Crippen molar-refractivity contribution < 1.29 is 9.50 Å². The van der Waals surface area contributed by atoms with E-state index in [2.05, 4.69) is 25.1 Å². The first-order valence-corrected chi connectivity index (χ1v) is 9.89. The van der Waals surface area contributed by atoms with E-state index in [0.717, 1.165) is 27.7 Å². The van der Waals surface area contributed by atoms with Crippen LogP contribution in [0.5, 0.6) is 5.75 Å². The fourth-order valence-electron chi connectivity index (χ4n) is 3.88. The molecular formula is C24H15FN6O. The van der Waals surface area contributed by atoms with Gasteiger partial charge >= 0.3 is 0 Å². The van der Waals surface area contributed by atoms with Gasteiger partial charge < -0.3 is 10.1 Å². The number of aromatic hydroxyl groups is 1. The molecule has 0 bridgehead atoms. The SMILES string of the molecule is Oc1cncc(-c2ccc3[nH]nc(-c4cc5c(-c6cccc(F)c6)ccnc5[nH]4)c3n2)c1. The number of rotatable bonds is 3. The van der Waals surface area contributed by atoms with Gasteiger partial charge in [0.25, 0.3) is 0 Å². The molecule has 5 aromatic heterocycles.